The Labute approximate surface area is 466 Å². The van der Waals surface area contributed by atoms with E-state index in [1.807, 2.05) is 224 Å². The number of hydrogen-bond donors (Lipinski definition) is 2. The first-order valence-electron chi connectivity index (χ1n) is 26.6. The molecule has 0 saturated heterocycles. The summed E-state index contributed by atoms with van der Waals surface area (Å²) in [5.74, 6) is 6.86. The summed E-state index contributed by atoms with van der Waals surface area (Å²) in [6.07, 6.45) is 0. The van der Waals surface area contributed by atoms with Crippen LogP contribution in [0.4, 0.5) is 0 Å². The summed E-state index contributed by atoms with van der Waals surface area (Å²) in [5.41, 5.74) is 8.83. The maximum Gasteiger partial charge on any atom is 0.135 e. The largest absolute Gasteiger partial charge is 0.490 e. The number of ether oxygens (including phenoxy) is 6. The maximum absolute atomic E-state index is 10.4. The summed E-state index contributed by atoms with van der Waals surface area (Å²) < 4.78 is 38.5. The van der Waals surface area contributed by atoms with Crippen LogP contribution in [0.25, 0.3) is 44.5 Å². The predicted octanol–water partition coefficient (Wildman–Crippen LogP) is 17.6. The number of aliphatic hydroxyl groups is 2. The van der Waals surface area contributed by atoms with Crippen LogP contribution in [0.15, 0.2) is 273 Å². The molecule has 0 aromatic heterocycles. The Balaban J connectivity index is 1.13. The minimum absolute atomic E-state index is 0.0616. The fourth-order valence-corrected chi connectivity index (χ4v) is 9.88. The number of para-hydroxylation sites is 4. The van der Waals surface area contributed by atoms with E-state index in [2.05, 4.69) is 55.5 Å². The zero-order chi connectivity index (χ0) is 54.5. The van der Waals surface area contributed by atoms with Crippen molar-refractivity contribution in [3.05, 3.63) is 290 Å². The van der Waals surface area contributed by atoms with E-state index >= 15 is 0 Å². The Morgan fingerprint density at radius 2 is 0.500 bits per heavy atom. The van der Waals surface area contributed by atoms with E-state index in [-0.39, 0.29) is 26.4 Å². The van der Waals surface area contributed by atoms with Gasteiger partial charge in [0.15, 0.2) is 0 Å². The molecule has 11 rings (SSSR count). The summed E-state index contributed by atoms with van der Waals surface area (Å²) >= 11 is 0. The molecule has 11 aromatic rings. The van der Waals surface area contributed by atoms with Gasteiger partial charge in [0.2, 0.25) is 0 Å². The van der Waals surface area contributed by atoms with Crippen molar-refractivity contribution in [3.8, 4) is 102 Å². The number of aliphatic hydroxyl groups excluding tert-OH is 2. The summed E-state index contributed by atoms with van der Waals surface area (Å²) in [6.45, 7) is 2.01. The minimum Gasteiger partial charge on any atom is -0.490 e. The topological polar surface area (TPSA) is 95.8 Å². The van der Waals surface area contributed by atoms with Crippen LogP contribution >= 0.6 is 0 Å². The summed E-state index contributed by atoms with van der Waals surface area (Å²) in [7, 11) is 0. The molecule has 0 unspecified atom stereocenters. The molecule has 11 aromatic carbocycles. The van der Waals surface area contributed by atoms with Gasteiger partial charge >= 0.3 is 0 Å². The van der Waals surface area contributed by atoms with Crippen LogP contribution in [0.1, 0.15) is 23.6 Å². The van der Waals surface area contributed by atoms with Gasteiger partial charge in [-0.25, -0.2) is 0 Å². The molecule has 2 N–H and O–H groups in total. The molecule has 0 radical (unpaired) electrons. The van der Waals surface area contributed by atoms with E-state index in [1.165, 1.54) is 0 Å². The quantitative estimate of drug-likeness (QED) is 0.0687. The summed E-state index contributed by atoms with van der Waals surface area (Å²) in [6, 6.07) is 90.3. The highest BCUT2D eigenvalue weighted by Crippen LogP contribution is 2.51. The fraction of sp³-hybridized carbons (Fsp3) is 0.0833. The van der Waals surface area contributed by atoms with E-state index in [1.54, 1.807) is 0 Å². The van der Waals surface area contributed by atoms with Crippen molar-refractivity contribution in [2.24, 2.45) is 0 Å². The van der Waals surface area contributed by atoms with E-state index in [9.17, 15) is 10.2 Å². The lowest BCUT2D eigenvalue weighted by atomic mass is 9.69. The Morgan fingerprint density at radius 3 is 0.738 bits per heavy atom. The molecule has 8 nitrogen and oxygen atoms in total. The van der Waals surface area contributed by atoms with Crippen molar-refractivity contribution in [3.63, 3.8) is 0 Å². The first kappa shape index (κ1) is 52.2. The standard InChI is InChI=1S/C72H58O8/c1-72(55-17-7-2-8-18-55,56-47-66(51-27-35-62(36-28-51)77-58-19-9-3-10-20-58)70(75-45-43-73)67(48-56)52-29-37-63(38-30-52)78-59-21-11-4-12-22-59)57-49-68(53-31-39-64(40-32-53)79-60-23-13-5-14-24-60)71(76-46-44-74)69(50-57)54-33-41-65(42-34-54)80-61-25-15-6-16-26-61/h2-42,47-50,73-74H,43-46H2,1H3. The van der Waals surface area contributed by atoms with Crippen molar-refractivity contribution in [2.75, 3.05) is 26.4 Å². The smallest absolute Gasteiger partial charge is 0.135 e. The predicted molar refractivity (Wildman–Crippen MR) is 318 cm³/mol. The van der Waals surface area contributed by atoms with Crippen LogP contribution in [0.3, 0.4) is 0 Å². The Bertz CT molecular complexity index is 3300. The van der Waals surface area contributed by atoms with Gasteiger partial charge in [-0.15, -0.1) is 0 Å². The summed E-state index contributed by atoms with van der Waals surface area (Å²) in [4.78, 5) is 0. The molecule has 0 spiro atoms. The molecule has 0 heterocycles. The van der Waals surface area contributed by atoms with E-state index in [0.29, 0.717) is 34.5 Å². The monoisotopic (exact) mass is 1050 g/mol. The average molecular weight is 1050 g/mol. The van der Waals surface area contributed by atoms with Gasteiger partial charge in [0, 0.05) is 27.7 Å². The lowest BCUT2D eigenvalue weighted by Gasteiger charge is -2.35. The molecule has 0 fully saturated rings. The normalized spacial score (nSPS) is 11.1. The summed E-state index contributed by atoms with van der Waals surface area (Å²) in [5, 5.41) is 20.7. The molecule has 394 valence electrons. The van der Waals surface area contributed by atoms with Crippen LogP contribution in [-0.2, 0) is 5.41 Å². The van der Waals surface area contributed by atoms with Crippen LogP contribution in [0.2, 0.25) is 0 Å². The van der Waals surface area contributed by atoms with Gasteiger partial charge in [-0.2, -0.15) is 0 Å². The highest BCUT2D eigenvalue weighted by Gasteiger charge is 2.35. The van der Waals surface area contributed by atoms with Gasteiger partial charge in [-0.05, 0) is 167 Å². The van der Waals surface area contributed by atoms with Crippen LogP contribution in [-0.4, -0.2) is 36.6 Å². The first-order chi connectivity index (χ1) is 39.4. The van der Waals surface area contributed by atoms with Crippen molar-refractivity contribution < 1.29 is 38.6 Å². The molecule has 0 atom stereocenters. The highest BCUT2D eigenvalue weighted by molar-refractivity contribution is 5.87. The molecule has 0 saturated carbocycles. The molecule has 0 aliphatic carbocycles. The van der Waals surface area contributed by atoms with E-state index in [4.69, 9.17) is 28.4 Å². The number of benzene rings is 11. The van der Waals surface area contributed by atoms with E-state index in [0.717, 1.165) is 84.2 Å². The van der Waals surface area contributed by atoms with Crippen LogP contribution in [0.5, 0.6) is 57.5 Å². The molecular weight excluding hydrogens is 993 g/mol. The lowest BCUT2D eigenvalue weighted by molar-refractivity contribution is 0.202. The van der Waals surface area contributed by atoms with Gasteiger partial charge in [0.05, 0.1) is 13.2 Å². The average Bonchev–Trinajstić information content (AvgIpc) is 3.68. The van der Waals surface area contributed by atoms with Crippen LogP contribution < -0.4 is 28.4 Å². The molecule has 0 aliphatic heterocycles. The molecule has 8 heteroatoms. The van der Waals surface area contributed by atoms with Crippen molar-refractivity contribution in [1.29, 1.82) is 0 Å². The Hall–Kier alpha value is -9.86. The van der Waals surface area contributed by atoms with Gasteiger partial charge in [0.1, 0.15) is 70.7 Å². The Morgan fingerprint density at radius 1 is 0.275 bits per heavy atom. The Kier molecular flexibility index (Phi) is 16.1. The lowest BCUT2D eigenvalue weighted by Crippen LogP contribution is -2.26. The molecule has 0 bridgehead atoms. The van der Waals surface area contributed by atoms with Gasteiger partial charge in [-0.1, -0.05) is 152 Å². The van der Waals surface area contributed by atoms with Gasteiger partial charge in [-0.3, -0.25) is 0 Å². The zero-order valence-electron chi connectivity index (χ0n) is 44.2. The number of hydrogen-bond acceptors (Lipinski definition) is 8. The van der Waals surface area contributed by atoms with E-state index < -0.39 is 5.41 Å². The van der Waals surface area contributed by atoms with Crippen molar-refractivity contribution in [1.82, 2.24) is 0 Å². The third-order valence-electron chi connectivity index (χ3n) is 13.9. The molecule has 0 aliphatic rings. The second kappa shape index (κ2) is 24.6. The number of rotatable bonds is 21. The second-order valence-corrected chi connectivity index (χ2v) is 19.2. The molecular formula is C72H58O8. The third-order valence-corrected chi connectivity index (χ3v) is 13.9. The maximum atomic E-state index is 10.4. The van der Waals surface area contributed by atoms with Gasteiger partial charge < -0.3 is 38.6 Å². The minimum atomic E-state index is -0.890. The highest BCUT2D eigenvalue weighted by atomic mass is 16.5. The van der Waals surface area contributed by atoms with Crippen molar-refractivity contribution in [2.45, 2.75) is 12.3 Å². The fourth-order valence-electron chi connectivity index (χ4n) is 9.88. The first-order valence-corrected chi connectivity index (χ1v) is 26.6. The molecule has 0 amide bonds. The SMILES string of the molecule is CC(c1ccccc1)(c1cc(-c2ccc(Oc3ccccc3)cc2)c(OCCO)c(-c2ccc(Oc3ccccc3)cc2)c1)c1cc(-c2ccc(Oc3ccccc3)cc2)c(OCCO)c(-c2ccc(Oc3ccccc3)cc2)c1. The van der Waals surface area contributed by atoms with Gasteiger partial charge in [0.25, 0.3) is 0 Å². The third kappa shape index (κ3) is 12.0. The zero-order valence-corrected chi connectivity index (χ0v) is 44.2. The van der Waals surface area contributed by atoms with Crippen molar-refractivity contribution >= 4 is 0 Å². The molecule has 80 heavy (non-hydrogen) atoms. The van der Waals surface area contributed by atoms with Crippen LogP contribution in [0, 0.1) is 0 Å². The second-order valence-electron chi connectivity index (χ2n) is 19.2.